The van der Waals surface area contributed by atoms with E-state index in [-0.39, 0.29) is 5.56 Å². The number of nitrogens with zero attached hydrogens (tertiary/aromatic N) is 1. The van der Waals surface area contributed by atoms with E-state index >= 15 is 0 Å². The van der Waals surface area contributed by atoms with Crippen molar-refractivity contribution in [3.05, 3.63) is 29.6 Å². The van der Waals surface area contributed by atoms with E-state index in [1.807, 2.05) is 0 Å². The van der Waals surface area contributed by atoms with Gasteiger partial charge in [-0.15, -0.1) is 0 Å². The topological polar surface area (TPSA) is 12.9 Å². The molecule has 0 saturated heterocycles. The fourth-order valence-electron chi connectivity index (χ4n) is 0.946. The largest absolute Gasteiger partial charge is 0.393 e. The zero-order chi connectivity index (χ0) is 9.19. The summed E-state index contributed by atoms with van der Waals surface area (Å²) >= 11 is 0. The van der Waals surface area contributed by atoms with E-state index in [2.05, 4.69) is 4.98 Å². The fraction of sp³-hybridized carbons (Fsp3) is 0.375. The SMILES string of the molecule is Cc1cc(CC(F)(F)F)ccn1. The molecule has 1 nitrogen and oxygen atoms in total. The van der Waals surface area contributed by atoms with Gasteiger partial charge in [0.05, 0.1) is 6.42 Å². The van der Waals surface area contributed by atoms with E-state index in [9.17, 15) is 13.2 Å². The number of alkyl halides is 3. The predicted octanol–water partition coefficient (Wildman–Crippen LogP) is 2.49. The molecule has 0 saturated carbocycles. The van der Waals surface area contributed by atoms with Gasteiger partial charge in [-0.1, -0.05) is 0 Å². The maximum atomic E-state index is 11.9. The van der Waals surface area contributed by atoms with Crippen LogP contribution in [-0.4, -0.2) is 11.2 Å². The molecule has 0 amide bonds. The highest BCUT2D eigenvalue weighted by Crippen LogP contribution is 2.20. The molecule has 0 aromatic carbocycles. The van der Waals surface area contributed by atoms with E-state index in [0.29, 0.717) is 5.69 Å². The van der Waals surface area contributed by atoms with Crippen molar-refractivity contribution >= 4 is 0 Å². The second kappa shape index (κ2) is 3.13. The second-order valence-corrected chi connectivity index (χ2v) is 2.60. The number of pyridine rings is 1. The number of hydrogen-bond acceptors (Lipinski definition) is 1. The summed E-state index contributed by atoms with van der Waals surface area (Å²) in [5, 5.41) is 0. The minimum absolute atomic E-state index is 0.259. The van der Waals surface area contributed by atoms with Gasteiger partial charge in [0.15, 0.2) is 0 Å². The highest BCUT2D eigenvalue weighted by molar-refractivity contribution is 5.16. The van der Waals surface area contributed by atoms with E-state index in [4.69, 9.17) is 0 Å². The summed E-state index contributed by atoms with van der Waals surface area (Å²) in [6.45, 7) is 1.67. The third-order valence-corrected chi connectivity index (χ3v) is 1.37. The summed E-state index contributed by atoms with van der Waals surface area (Å²) in [6, 6.07) is 2.81. The standard InChI is InChI=1S/C8H8F3N/c1-6-4-7(2-3-12-6)5-8(9,10)11/h2-4H,5H2,1H3. The molecule has 0 radical (unpaired) electrons. The van der Waals surface area contributed by atoms with Crippen LogP contribution in [-0.2, 0) is 6.42 Å². The molecule has 4 heteroatoms. The maximum Gasteiger partial charge on any atom is 0.393 e. The number of rotatable bonds is 1. The number of aryl methyl sites for hydroxylation is 1. The zero-order valence-corrected chi connectivity index (χ0v) is 6.52. The van der Waals surface area contributed by atoms with Crippen molar-refractivity contribution < 1.29 is 13.2 Å². The Kier molecular flexibility index (Phi) is 2.35. The Balaban J connectivity index is 2.77. The number of halogens is 3. The van der Waals surface area contributed by atoms with E-state index in [1.165, 1.54) is 18.3 Å². The van der Waals surface area contributed by atoms with Crippen LogP contribution in [0.5, 0.6) is 0 Å². The Morgan fingerprint density at radius 3 is 2.58 bits per heavy atom. The van der Waals surface area contributed by atoms with Gasteiger partial charge in [0.2, 0.25) is 0 Å². The first-order chi connectivity index (χ1) is 5.47. The highest BCUT2D eigenvalue weighted by Gasteiger charge is 2.27. The molecule has 1 rings (SSSR count). The van der Waals surface area contributed by atoms with Crippen molar-refractivity contribution in [2.45, 2.75) is 19.5 Å². The second-order valence-electron chi connectivity index (χ2n) is 2.60. The van der Waals surface area contributed by atoms with Crippen LogP contribution in [0.25, 0.3) is 0 Å². The Morgan fingerprint density at radius 2 is 2.08 bits per heavy atom. The molecular weight excluding hydrogens is 167 g/mol. The lowest BCUT2D eigenvalue weighted by Gasteiger charge is -2.05. The Bertz CT molecular complexity index is 267. The zero-order valence-electron chi connectivity index (χ0n) is 6.52. The lowest BCUT2D eigenvalue weighted by atomic mass is 10.2. The van der Waals surface area contributed by atoms with E-state index in [0.717, 1.165) is 0 Å². The number of aromatic nitrogens is 1. The maximum absolute atomic E-state index is 11.9. The molecule has 0 bridgehead atoms. The van der Waals surface area contributed by atoms with Gasteiger partial charge in [-0.2, -0.15) is 13.2 Å². The molecule has 12 heavy (non-hydrogen) atoms. The Morgan fingerprint density at radius 1 is 1.42 bits per heavy atom. The predicted molar refractivity (Wildman–Crippen MR) is 38.7 cm³/mol. The molecule has 0 aliphatic carbocycles. The smallest absolute Gasteiger partial charge is 0.262 e. The normalized spacial score (nSPS) is 11.7. The minimum atomic E-state index is -4.13. The lowest BCUT2D eigenvalue weighted by molar-refractivity contribution is -0.127. The van der Waals surface area contributed by atoms with Crippen LogP contribution < -0.4 is 0 Å². The molecule has 0 N–H and O–H groups in total. The molecule has 0 unspecified atom stereocenters. The monoisotopic (exact) mass is 175 g/mol. The fourth-order valence-corrected chi connectivity index (χ4v) is 0.946. The van der Waals surface area contributed by atoms with Gasteiger partial charge < -0.3 is 0 Å². The van der Waals surface area contributed by atoms with Gasteiger partial charge >= 0.3 is 6.18 Å². The average molecular weight is 175 g/mol. The van der Waals surface area contributed by atoms with Crippen LogP contribution in [0.2, 0.25) is 0 Å². The molecule has 66 valence electrons. The van der Waals surface area contributed by atoms with E-state index < -0.39 is 12.6 Å². The van der Waals surface area contributed by atoms with Gasteiger partial charge in [0.1, 0.15) is 0 Å². The third-order valence-electron chi connectivity index (χ3n) is 1.37. The van der Waals surface area contributed by atoms with Crippen molar-refractivity contribution in [3.63, 3.8) is 0 Å². The molecule has 0 spiro atoms. The molecule has 0 aliphatic rings. The molecule has 1 aromatic rings. The van der Waals surface area contributed by atoms with Gasteiger partial charge in [-0.05, 0) is 24.6 Å². The lowest BCUT2D eigenvalue weighted by Crippen LogP contribution is -2.11. The first-order valence-corrected chi connectivity index (χ1v) is 3.46. The van der Waals surface area contributed by atoms with Crippen molar-refractivity contribution in [1.82, 2.24) is 4.98 Å². The van der Waals surface area contributed by atoms with Crippen LogP contribution in [0, 0.1) is 6.92 Å². The van der Waals surface area contributed by atoms with Crippen molar-refractivity contribution in [2.24, 2.45) is 0 Å². The summed E-state index contributed by atoms with van der Waals surface area (Å²) in [7, 11) is 0. The summed E-state index contributed by atoms with van der Waals surface area (Å²) < 4.78 is 35.6. The number of hydrogen-bond donors (Lipinski definition) is 0. The molecule has 1 aromatic heterocycles. The Labute approximate surface area is 68.2 Å². The summed E-state index contributed by atoms with van der Waals surface area (Å²) in [4.78, 5) is 3.80. The van der Waals surface area contributed by atoms with Gasteiger partial charge in [0.25, 0.3) is 0 Å². The summed E-state index contributed by atoms with van der Waals surface area (Å²) in [5.41, 5.74) is 0.867. The minimum Gasteiger partial charge on any atom is -0.262 e. The van der Waals surface area contributed by atoms with Crippen molar-refractivity contribution in [2.75, 3.05) is 0 Å². The Hall–Kier alpha value is -1.06. The van der Waals surface area contributed by atoms with Gasteiger partial charge in [-0.3, -0.25) is 4.98 Å². The molecular formula is C8H8F3N. The molecule has 0 aliphatic heterocycles. The summed E-state index contributed by atoms with van der Waals surface area (Å²) in [6.07, 6.45) is -3.62. The quantitative estimate of drug-likeness (QED) is 0.639. The van der Waals surface area contributed by atoms with Crippen molar-refractivity contribution in [1.29, 1.82) is 0 Å². The summed E-state index contributed by atoms with van der Waals surface area (Å²) in [5.74, 6) is 0. The molecule has 0 atom stereocenters. The van der Waals surface area contributed by atoms with Crippen LogP contribution in [0.3, 0.4) is 0 Å². The first kappa shape index (κ1) is 9.03. The average Bonchev–Trinajstić information content (AvgIpc) is 1.82. The van der Waals surface area contributed by atoms with Crippen LogP contribution in [0.1, 0.15) is 11.3 Å². The molecule has 0 fully saturated rings. The third kappa shape index (κ3) is 2.90. The van der Waals surface area contributed by atoms with Gasteiger partial charge in [0, 0.05) is 11.9 Å². The highest BCUT2D eigenvalue weighted by atomic mass is 19.4. The van der Waals surface area contributed by atoms with Crippen LogP contribution in [0.4, 0.5) is 13.2 Å². The van der Waals surface area contributed by atoms with Crippen LogP contribution in [0.15, 0.2) is 18.3 Å². The first-order valence-electron chi connectivity index (χ1n) is 3.46. The molecule has 1 heterocycles. The van der Waals surface area contributed by atoms with Crippen LogP contribution >= 0.6 is 0 Å². The van der Waals surface area contributed by atoms with Gasteiger partial charge in [-0.25, -0.2) is 0 Å². The van der Waals surface area contributed by atoms with E-state index in [1.54, 1.807) is 6.92 Å². The van der Waals surface area contributed by atoms with Crippen molar-refractivity contribution in [3.8, 4) is 0 Å².